The molecule has 0 aliphatic carbocycles. The van der Waals surface area contributed by atoms with Crippen molar-refractivity contribution < 1.29 is 9.90 Å². The van der Waals surface area contributed by atoms with Gasteiger partial charge in [0.25, 0.3) is 0 Å². The van der Waals surface area contributed by atoms with Gasteiger partial charge in [-0.3, -0.25) is 0 Å². The van der Waals surface area contributed by atoms with E-state index in [-0.39, 0.29) is 0 Å². The number of nitrogens with zero attached hydrogens (tertiary/aromatic N) is 3. The number of hydrogen-bond donors (Lipinski definition) is 1. The van der Waals surface area contributed by atoms with Gasteiger partial charge in [0.15, 0.2) is 0 Å². The monoisotopic (exact) mass is 213 g/mol. The normalized spacial score (nSPS) is 26.8. The highest BCUT2D eigenvalue weighted by Crippen LogP contribution is 2.34. The summed E-state index contributed by atoms with van der Waals surface area (Å²) in [6.07, 6.45) is 1.56. The van der Waals surface area contributed by atoms with E-state index in [0.717, 1.165) is 13.0 Å². The average Bonchev–Trinajstić information content (AvgIpc) is 2.72. The van der Waals surface area contributed by atoms with E-state index in [1.165, 1.54) is 11.3 Å². The van der Waals surface area contributed by atoms with E-state index in [4.69, 9.17) is 5.11 Å². The van der Waals surface area contributed by atoms with E-state index in [1.807, 2.05) is 4.90 Å². The van der Waals surface area contributed by atoms with E-state index in [1.54, 1.807) is 12.4 Å². The number of aliphatic carboxylic acids is 1. The predicted molar refractivity (Wildman–Crippen MR) is 52.5 cm³/mol. The fraction of sp³-hybridized carbons (Fsp3) is 0.625. The highest BCUT2D eigenvalue weighted by atomic mass is 32.1. The first-order valence-corrected chi connectivity index (χ1v) is 5.30. The van der Waals surface area contributed by atoms with Crippen molar-refractivity contribution >= 4 is 22.4 Å². The Morgan fingerprint density at radius 3 is 3.14 bits per heavy atom. The van der Waals surface area contributed by atoms with E-state index >= 15 is 0 Å². The molecule has 14 heavy (non-hydrogen) atoms. The number of hydrogen-bond acceptors (Lipinski definition) is 5. The molecule has 1 aromatic rings. The second kappa shape index (κ2) is 3.20. The zero-order valence-electron chi connectivity index (χ0n) is 7.80. The lowest BCUT2D eigenvalue weighted by Crippen LogP contribution is -2.48. The Labute approximate surface area is 85.4 Å². The smallest absolute Gasteiger partial charge is 0.329 e. The SMILES string of the molecule is CC1(C(=O)O)CCCN1c1nncs1. The third-order valence-corrected chi connectivity index (χ3v) is 3.39. The number of carboxylic acid groups (broad SMARTS) is 1. The van der Waals surface area contributed by atoms with Crippen molar-refractivity contribution in [1.29, 1.82) is 0 Å². The molecule has 0 amide bonds. The van der Waals surface area contributed by atoms with Crippen molar-refractivity contribution in [3.63, 3.8) is 0 Å². The van der Waals surface area contributed by atoms with Gasteiger partial charge in [0, 0.05) is 6.54 Å². The van der Waals surface area contributed by atoms with Gasteiger partial charge in [-0.25, -0.2) is 4.79 Å². The molecule has 1 atom stereocenters. The zero-order valence-corrected chi connectivity index (χ0v) is 8.62. The van der Waals surface area contributed by atoms with Crippen molar-refractivity contribution in [2.45, 2.75) is 25.3 Å². The standard InChI is InChI=1S/C8H11N3O2S/c1-8(6(12)13)3-2-4-11(8)7-10-9-5-14-7/h5H,2-4H2,1H3,(H,12,13). The molecule has 0 spiro atoms. The van der Waals surface area contributed by atoms with Crippen LogP contribution in [0.25, 0.3) is 0 Å². The van der Waals surface area contributed by atoms with Gasteiger partial charge in [0.1, 0.15) is 11.0 Å². The Balaban J connectivity index is 2.32. The summed E-state index contributed by atoms with van der Waals surface area (Å²) in [6, 6.07) is 0. The highest BCUT2D eigenvalue weighted by Gasteiger charge is 2.44. The molecule has 1 aromatic heterocycles. The maximum atomic E-state index is 11.1. The molecule has 1 aliphatic heterocycles. The molecule has 1 unspecified atom stereocenters. The van der Waals surface area contributed by atoms with Gasteiger partial charge in [-0.15, -0.1) is 10.2 Å². The molecule has 1 fully saturated rings. The molecule has 1 aliphatic rings. The number of rotatable bonds is 2. The van der Waals surface area contributed by atoms with Gasteiger partial charge in [-0.2, -0.15) is 0 Å². The quantitative estimate of drug-likeness (QED) is 0.793. The van der Waals surface area contributed by atoms with Crippen LogP contribution in [0.1, 0.15) is 19.8 Å². The summed E-state index contributed by atoms with van der Waals surface area (Å²) in [7, 11) is 0. The second-order valence-electron chi connectivity index (χ2n) is 3.56. The van der Waals surface area contributed by atoms with E-state index in [9.17, 15) is 4.79 Å². The van der Waals surface area contributed by atoms with Crippen molar-refractivity contribution in [1.82, 2.24) is 10.2 Å². The Hall–Kier alpha value is -1.17. The number of carboxylic acids is 1. The van der Waals surface area contributed by atoms with E-state index in [0.29, 0.717) is 11.6 Å². The van der Waals surface area contributed by atoms with Crippen LogP contribution in [0.5, 0.6) is 0 Å². The van der Waals surface area contributed by atoms with E-state index in [2.05, 4.69) is 10.2 Å². The maximum Gasteiger partial charge on any atom is 0.329 e. The molecular weight excluding hydrogens is 202 g/mol. The first-order chi connectivity index (χ1) is 6.64. The van der Waals surface area contributed by atoms with Crippen LogP contribution >= 0.6 is 11.3 Å². The molecule has 2 rings (SSSR count). The number of anilines is 1. The lowest BCUT2D eigenvalue weighted by atomic mass is 10.00. The van der Waals surface area contributed by atoms with Crippen LogP contribution in [0.3, 0.4) is 0 Å². The van der Waals surface area contributed by atoms with Crippen LogP contribution in [0, 0.1) is 0 Å². The lowest BCUT2D eigenvalue weighted by molar-refractivity contribution is -0.142. The van der Waals surface area contributed by atoms with Crippen molar-refractivity contribution in [3.8, 4) is 0 Å². The molecular formula is C8H11N3O2S. The molecule has 0 bridgehead atoms. The summed E-state index contributed by atoms with van der Waals surface area (Å²) >= 11 is 1.38. The summed E-state index contributed by atoms with van der Waals surface area (Å²) in [6.45, 7) is 2.49. The van der Waals surface area contributed by atoms with Crippen LogP contribution < -0.4 is 4.90 Å². The van der Waals surface area contributed by atoms with Crippen LogP contribution in [0.4, 0.5) is 5.13 Å². The van der Waals surface area contributed by atoms with Crippen LogP contribution in [0.15, 0.2) is 5.51 Å². The Bertz CT molecular complexity index is 340. The fourth-order valence-corrected chi connectivity index (χ4v) is 2.48. The topological polar surface area (TPSA) is 66.3 Å². The number of carbonyl (C=O) groups is 1. The zero-order chi connectivity index (χ0) is 10.2. The minimum atomic E-state index is -0.806. The molecule has 5 nitrogen and oxygen atoms in total. The van der Waals surface area contributed by atoms with Crippen LogP contribution in [-0.4, -0.2) is 33.4 Å². The first-order valence-electron chi connectivity index (χ1n) is 4.42. The molecule has 1 saturated heterocycles. The Kier molecular flexibility index (Phi) is 2.14. The fourth-order valence-electron chi connectivity index (χ4n) is 1.78. The molecule has 1 N–H and O–H groups in total. The van der Waals surface area contributed by atoms with Gasteiger partial charge < -0.3 is 10.0 Å². The summed E-state index contributed by atoms with van der Waals surface area (Å²) in [5.41, 5.74) is 0.815. The highest BCUT2D eigenvalue weighted by molar-refractivity contribution is 7.13. The largest absolute Gasteiger partial charge is 0.480 e. The number of aromatic nitrogens is 2. The molecule has 0 aromatic carbocycles. The minimum Gasteiger partial charge on any atom is -0.480 e. The van der Waals surface area contributed by atoms with Gasteiger partial charge in [-0.1, -0.05) is 11.3 Å². The van der Waals surface area contributed by atoms with E-state index < -0.39 is 11.5 Å². The summed E-state index contributed by atoms with van der Waals surface area (Å²) in [4.78, 5) is 13.0. The lowest BCUT2D eigenvalue weighted by Gasteiger charge is -2.30. The van der Waals surface area contributed by atoms with Gasteiger partial charge in [-0.05, 0) is 19.8 Å². The Morgan fingerprint density at radius 1 is 1.79 bits per heavy atom. The summed E-state index contributed by atoms with van der Waals surface area (Å²) < 4.78 is 0. The first kappa shape index (κ1) is 9.39. The Morgan fingerprint density at radius 2 is 2.57 bits per heavy atom. The average molecular weight is 213 g/mol. The molecule has 76 valence electrons. The predicted octanol–water partition coefficient (Wildman–Crippen LogP) is 0.982. The molecule has 6 heteroatoms. The summed E-state index contributed by atoms with van der Waals surface area (Å²) in [5.74, 6) is -0.787. The third-order valence-electron chi connectivity index (χ3n) is 2.68. The van der Waals surface area contributed by atoms with Gasteiger partial charge in [0.2, 0.25) is 5.13 Å². The molecule has 2 heterocycles. The van der Waals surface area contributed by atoms with Crippen molar-refractivity contribution in [3.05, 3.63) is 5.51 Å². The second-order valence-corrected chi connectivity index (χ2v) is 4.37. The summed E-state index contributed by atoms with van der Waals surface area (Å²) in [5, 5.41) is 17.5. The van der Waals surface area contributed by atoms with Crippen LogP contribution in [-0.2, 0) is 4.79 Å². The molecule has 0 radical (unpaired) electrons. The van der Waals surface area contributed by atoms with Crippen LogP contribution in [0.2, 0.25) is 0 Å². The molecule has 0 saturated carbocycles. The van der Waals surface area contributed by atoms with Gasteiger partial charge >= 0.3 is 5.97 Å². The van der Waals surface area contributed by atoms with Gasteiger partial charge in [0.05, 0.1) is 0 Å². The van der Waals surface area contributed by atoms with Crippen molar-refractivity contribution in [2.24, 2.45) is 0 Å². The minimum absolute atomic E-state index is 0.669. The maximum absolute atomic E-state index is 11.1. The van der Waals surface area contributed by atoms with Crippen molar-refractivity contribution in [2.75, 3.05) is 11.4 Å². The third kappa shape index (κ3) is 1.26.